The van der Waals surface area contributed by atoms with Crippen LogP contribution in [0.3, 0.4) is 0 Å². The first-order chi connectivity index (χ1) is 19.0. The van der Waals surface area contributed by atoms with Crippen LogP contribution in [0, 0.1) is 0 Å². The Morgan fingerprint density at radius 2 is 1.50 bits per heavy atom. The lowest BCUT2D eigenvalue weighted by atomic mass is 10.0. The highest BCUT2D eigenvalue weighted by Crippen LogP contribution is 2.41. The minimum Gasteiger partial charge on any atom is -0.493 e. The third kappa shape index (κ3) is 5.54. The van der Waals surface area contributed by atoms with Gasteiger partial charge >= 0.3 is 12.1 Å². The maximum absolute atomic E-state index is 14.0. The molecule has 0 bridgehead atoms. The Labute approximate surface area is 226 Å². The van der Waals surface area contributed by atoms with Gasteiger partial charge in [-0.2, -0.15) is 13.2 Å². The Hall–Kier alpha value is -4.67. The zero-order valence-electron chi connectivity index (χ0n) is 22.2. The van der Waals surface area contributed by atoms with Crippen molar-refractivity contribution in [1.82, 2.24) is 0 Å². The zero-order valence-corrected chi connectivity index (χ0v) is 22.2. The van der Waals surface area contributed by atoms with Crippen molar-refractivity contribution in [3.63, 3.8) is 0 Å². The molecule has 0 unspecified atom stereocenters. The number of carbonyl (C=O) groups is 1. The van der Waals surface area contributed by atoms with Gasteiger partial charge < -0.3 is 28.1 Å². The van der Waals surface area contributed by atoms with Crippen LogP contribution < -0.4 is 29.1 Å². The van der Waals surface area contributed by atoms with Gasteiger partial charge in [-0.15, -0.1) is 0 Å². The van der Waals surface area contributed by atoms with Crippen LogP contribution in [0.5, 0.6) is 34.5 Å². The van der Waals surface area contributed by atoms with E-state index in [1.54, 1.807) is 18.2 Å². The van der Waals surface area contributed by atoms with Gasteiger partial charge in [0.1, 0.15) is 17.1 Å². The number of methoxy groups -OCH3 is 3. The lowest BCUT2D eigenvalue weighted by molar-refractivity contribution is -0.154. The van der Waals surface area contributed by atoms with E-state index >= 15 is 0 Å². The fourth-order valence-electron chi connectivity index (χ4n) is 4.02. The fraction of sp³-hybridized carbons (Fsp3) is 0.241. The molecule has 0 aliphatic carbocycles. The molecule has 1 aromatic heterocycles. The Balaban J connectivity index is 1.75. The van der Waals surface area contributed by atoms with Gasteiger partial charge in [0.2, 0.25) is 16.9 Å². The topological polar surface area (TPSA) is 93.4 Å². The van der Waals surface area contributed by atoms with Crippen molar-refractivity contribution in [2.24, 2.45) is 0 Å². The van der Waals surface area contributed by atoms with E-state index in [4.69, 9.17) is 28.1 Å². The third-order valence-electron chi connectivity index (χ3n) is 5.94. The van der Waals surface area contributed by atoms with Gasteiger partial charge in [0.25, 0.3) is 5.76 Å². The summed E-state index contributed by atoms with van der Waals surface area (Å²) >= 11 is 0. The molecule has 4 aromatic rings. The molecule has 8 nitrogen and oxygen atoms in total. The van der Waals surface area contributed by atoms with Crippen LogP contribution in [0.4, 0.5) is 13.2 Å². The van der Waals surface area contributed by atoms with Crippen LogP contribution in [0.15, 0.2) is 63.8 Å². The van der Waals surface area contributed by atoms with E-state index in [0.717, 1.165) is 6.07 Å². The largest absolute Gasteiger partial charge is 0.493 e. The molecule has 0 amide bonds. The van der Waals surface area contributed by atoms with Crippen LogP contribution in [0.25, 0.3) is 11.0 Å². The molecule has 11 heteroatoms. The molecular formula is C29H25F3O8. The van der Waals surface area contributed by atoms with Gasteiger partial charge in [0, 0.05) is 6.07 Å². The first-order valence-electron chi connectivity index (χ1n) is 12.0. The van der Waals surface area contributed by atoms with Gasteiger partial charge in [-0.05, 0) is 41.8 Å². The van der Waals surface area contributed by atoms with E-state index in [1.165, 1.54) is 51.7 Å². The number of hydrogen-bond donors (Lipinski definition) is 0. The lowest BCUT2D eigenvalue weighted by Gasteiger charge is -2.16. The standard InChI is InChI=1S/C29H25F3O8/c1-15(2)18-8-6-7-9-20(18)39-26-24(33)19-11-10-17(14-21(19)40-27(26)29(30,31)32)38-28(34)16-12-22(35-3)25(37-5)23(13-16)36-4/h6-15H,1-5H3. The third-order valence-corrected chi connectivity index (χ3v) is 5.94. The summed E-state index contributed by atoms with van der Waals surface area (Å²) in [4.78, 5) is 26.1. The molecule has 1 heterocycles. The number of halogens is 3. The van der Waals surface area contributed by atoms with Crippen LogP contribution in [-0.2, 0) is 6.18 Å². The van der Waals surface area contributed by atoms with Gasteiger partial charge in [0.05, 0.1) is 32.3 Å². The molecule has 0 radical (unpaired) electrons. The Morgan fingerprint density at radius 3 is 2.08 bits per heavy atom. The number of carbonyl (C=O) groups excluding carboxylic acids is 1. The number of ether oxygens (including phenoxy) is 5. The van der Waals surface area contributed by atoms with Crippen LogP contribution in [-0.4, -0.2) is 27.3 Å². The number of alkyl halides is 3. The van der Waals surface area contributed by atoms with Crippen molar-refractivity contribution in [2.75, 3.05) is 21.3 Å². The molecule has 40 heavy (non-hydrogen) atoms. The number of fused-ring (bicyclic) bond motifs is 1. The van der Waals surface area contributed by atoms with Gasteiger partial charge in [-0.1, -0.05) is 32.0 Å². The summed E-state index contributed by atoms with van der Waals surface area (Å²) in [5.74, 6) is -2.98. The van der Waals surface area contributed by atoms with Crippen molar-refractivity contribution >= 4 is 16.9 Å². The van der Waals surface area contributed by atoms with Gasteiger partial charge in [-0.25, -0.2) is 4.79 Å². The van der Waals surface area contributed by atoms with E-state index in [0.29, 0.717) is 5.56 Å². The predicted molar refractivity (Wildman–Crippen MR) is 139 cm³/mol. The summed E-state index contributed by atoms with van der Waals surface area (Å²) in [5.41, 5.74) is -0.851. The number of para-hydroxylation sites is 1. The molecule has 210 valence electrons. The molecule has 0 N–H and O–H groups in total. The predicted octanol–water partition coefficient (Wildman–Crippen LogP) is 6.97. The molecule has 0 aliphatic heterocycles. The molecule has 0 atom stereocenters. The minimum absolute atomic E-state index is 0.0135. The van der Waals surface area contributed by atoms with Crippen molar-refractivity contribution < 1.29 is 46.1 Å². The monoisotopic (exact) mass is 558 g/mol. The first kappa shape index (κ1) is 28.3. The van der Waals surface area contributed by atoms with E-state index < -0.39 is 34.7 Å². The second-order valence-corrected chi connectivity index (χ2v) is 8.84. The summed E-state index contributed by atoms with van der Waals surface area (Å²) < 4.78 is 73.8. The molecule has 0 saturated heterocycles. The molecule has 0 fully saturated rings. The van der Waals surface area contributed by atoms with Crippen LogP contribution >= 0.6 is 0 Å². The second-order valence-electron chi connectivity index (χ2n) is 8.84. The number of hydrogen-bond acceptors (Lipinski definition) is 8. The normalized spacial score (nSPS) is 11.4. The molecule has 0 saturated carbocycles. The van der Waals surface area contributed by atoms with E-state index in [2.05, 4.69) is 0 Å². The summed E-state index contributed by atoms with van der Waals surface area (Å²) in [6.07, 6.45) is -5.06. The van der Waals surface area contributed by atoms with Gasteiger partial charge in [-0.3, -0.25) is 4.79 Å². The highest BCUT2D eigenvalue weighted by atomic mass is 19.4. The summed E-state index contributed by atoms with van der Waals surface area (Å²) in [5, 5.41) is -0.197. The van der Waals surface area contributed by atoms with E-state index in [9.17, 15) is 22.8 Å². The Kier molecular flexibility index (Phi) is 7.94. The van der Waals surface area contributed by atoms with Crippen LogP contribution in [0.2, 0.25) is 0 Å². The second kappa shape index (κ2) is 11.2. The minimum atomic E-state index is -5.06. The fourth-order valence-corrected chi connectivity index (χ4v) is 4.02. The maximum atomic E-state index is 14.0. The molecule has 0 spiro atoms. The summed E-state index contributed by atoms with van der Waals surface area (Å²) in [6.45, 7) is 3.69. The first-order valence-corrected chi connectivity index (χ1v) is 12.0. The highest BCUT2D eigenvalue weighted by molar-refractivity contribution is 5.93. The van der Waals surface area contributed by atoms with E-state index in [-0.39, 0.29) is 45.6 Å². The SMILES string of the molecule is COc1cc(C(=O)Oc2ccc3c(=O)c(Oc4ccccc4C(C)C)c(C(F)(F)F)oc3c2)cc(OC)c1OC. The van der Waals surface area contributed by atoms with E-state index in [1.807, 2.05) is 13.8 Å². The average Bonchev–Trinajstić information content (AvgIpc) is 2.92. The van der Waals surface area contributed by atoms with Crippen molar-refractivity contribution in [3.05, 3.63) is 81.7 Å². The van der Waals surface area contributed by atoms with Crippen LogP contribution in [0.1, 0.15) is 41.4 Å². The Bertz CT molecular complexity index is 1600. The molecule has 0 aliphatic rings. The highest BCUT2D eigenvalue weighted by Gasteiger charge is 2.41. The average molecular weight is 559 g/mol. The quantitative estimate of drug-likeness (QED) is 0.169. The van der Waals surface area contributed by atoms with Crippen molar-refractivity contribution in [2.45, 2.75) is 25.9 Å². The number of rotatable bonds is 8. The molecule has 4 rings (SSSR count). The lowest BCUT2D eigenvalue weighted by Crippen LogP contribution is -2.16. The number of esters is 1. The van der Waals surface area contributed by atoms with Gasteiger partial charge in [0.15, 0.2) is 11.5 Å². The zero-order chi connectivity index (χ0) is 29.2. The smallest absolute Gasteiger partial charge is 0.453 e. The number of benzene rings is 3. The summed E-state index contributed by atoms with van der Waals surface area (Å²) in [7, 11) is 4.14. The Morgan fingerprint density at radius 1 is 0.850 bits per heavy atom. The summed E-state index contributed by atoms with van der Waals surface area (Å²) in [6, 6.07) is 12.7. The van der Waals surface area contributed by atoms with Crippen molar-refractivity contribution in [1.29, 1.82) is 0 Å². The molecule has 3 aromatic carbocycles. The van der Waals surface area contributed by atoms with Crippen molar-refractivity contribution in [3.8, 4) is 34.5 Å². The molecular weight excluding hydrogens is 533 g/mol. The maximum Gasteiger partial charge on any atom is 0.453 e.